The summed E-state index contributed by atoms with van der Waals surface area (Å²) >= 11 is 0. The van der Waals surface area contributed by atoms with Crippen LogP contribution in [0.2, 0.25) is 0 Å². The van der Waals surface area contributed by atoms with Crippen LogP contribution in [0, 0.1) is 5.92 Å². The van der Waals surface area contributed by atoms with E-state index in [9.17, 15) is 4.79 Å². The van der Waals surface area contributed by atoms with E-state index in [1.807, 2.05) is 32.5 Å². The maximum Gasteiger partial charge on any atom is 0.407 e. The highest BCUT2D eigenvalue weighted by atomic mass is 16.6. The largest absolute Gasteiger partial charge is 0.444 e. The number of alkyl carbamates (subject to hydrolysis) is 1. The maximum absolute atomic E-state index is 11.9. The van der Waals surface area contributed by atoms with Gasteiger partial charge in [-0.25, -0.2) is 9.78 Å². The van der Waals surface area contributed by atoms with Crippen molar-refractivity contribution in [2.45, 2.75) is 71.7 Å². The van der Waals surface area contributed by atoms with Crippen molar-refractivity contribution in [3.05, 3.63) is 12.2 Å². The number of aromatic nitrogens is 3. The zero-order valence-electron chi connectivity index (χ0n) is 15.7. The number of aryl methyl sites for hydroxylation is 1. The molecule has 1 amide bonds. The predicted molar refractivity (Wildman–Crippen MR) is 92.4 cm³/mol. The van der Waals surface area contributed by atoms with Crippen LogP contribution in [-0.4, -0.2) is 50.0 Å². The Bertz CT molecular complexity index is 551. The Kier molecular flexibility index (Phi) is 5.85. The number of rotatable bonds is 4. The molecule has 3 atom stereocenters. The highest BCUT2D eigenvalue weighted by Gasteiger charge is 2.33. The molecular formula is C17H31N5O2. The first-order valence-electron chi connectivity index (χ1n) is 8.73. The Morgan fingerprint density at radius 3 is 2.67 bits per heavy atom. The van der Waals surface area contributed by atoms with Gasteiger partial charge in [-0.1, -0.05) is 6.92 Å². The van der Waals surface area contributed by atoms with Crippen molar-refractivity contribution >= 4 is 6.09 Å². The molecule has 0 radical (unpaired) electrons. The minimum absolute atomic E-state index is 0.278. The molecule has 1 aliphatic heterocycles. The third-order valence-electron chi connectivity index (χ3n) is 4.78. The van der Waals surface area contributed by atoms with Gasteiger partial charge in [0.05, 0.1) is 6.54 Å². The van der Waals surface area contributed by atoms with Gasteiger partial charge in [0, 0.05) is 25.7 Å². The van der Waals surface area contributed by atoms with Gasteiger partial charge in [-0.05, 0) is 46.5 Å². The van der Waals surface area contributed by atoms with E-state index in [1.54, 1.807) is 6.33 Å². The number of hydrogen-bond acceptors (Lipinski definition) is 5. The average Bonchev–Trinajstić information content (AvgIpc) is 2.86. The molecule has 7 heteroatoms. The van der Waals surface area contributed by atoms with Crippen LogP contribution >= 0.6 is 0 Å². The van der Waals surface area contributed by atoms with E-state index in [1.165, 1.54) is 0 Å². The number of nitrogens with zero attached hydrogens (tertiary/aromatic N) is 4. The topological polar surface area (TPSA) is 72.3 Å². The van der Waals surface area contributed by atoms with Crippen LogP contribution in [0.1, 0.15) is 53.3 Å². The molecule has 0 aliphatic carbocycles. The summed E-state index contributed by atoms with van der Waals surface area (Å²) in [7, 11) is 1.91. The highest BCUT2D eigenvalue weighted by Crippen LogP contribution is 2.28. The van der Waals surface area contributed by atoms with Crippen molar-refractivity contribution in [1.82, 2.24) is 25.0 Å². The molecule has 2 rings (SSSR count). The van der Waals surface area contributed by atoms with Crippen LogP contribution in [0.25, 0.3) is 0 Å². The number of carbonyl (C=O) groups excluding carboxylic acids is 1. The van der Waals surface area contributed by atoms with E-state index in [4.69, 9.17) is 4.74 Å². The van der Waals surface area contributed by atoms with Gasteiger partial charge in [0.25, 0.3) is 0 Å². The summed E-state index contributed by atoms with van der Waals surface area (Å²) in [6, 6.07) is 0.710. The number of carbonyl (C=O) groups is 1. The zero-order valence-corrected chi connectivity index (χ0v) is 15.7. The number of ether oxygens (including phenoxy) is 1. The molecule has 136 valence electrons. The van der Waals surface area contributed by atoms with Gasteiger partial charge in [-0.15, -0.1) is 0 Å². The van der Waals surface area contributed by atoms with Crippen LogP contribution in [-0.2, 0) is 18.3 Å². The molecule has 0 saturated carbocycles. The molecule has 0 bridgehead atoms. The fourth-order valence-electron chi connectivity index (χ4n) is 3.16. The Morgan fingerprint density at radius 2 is 2.08 bits per heavy atom. The second-order valence-corrected chi connectivity index (χ2v) is 7.80. The van der Waals surface area contributed by atoms with Crippen LogP contribution in [0.3, 0.4) is 0 Å². The molecule has 1 aliphatic rings. The molecule has 7 nitrogen and oxygen atoms in total. The first-order chi connectivity index (χ1) is 11.2. The number of nitrogens with one attached hydrogen (secondary N) is 1. The van der Waals surface area contributed by atoms with E-state index in [0.717, 1.165) is 25.2 Å². The van der Waals surface area contributed by atoms with Crippen molar-refractivity contribution in [3.63, 3.8) is 0 Å². The smallest absolute Gasteiger partial charge is 0.407 e. The lowest BCUT2D eigenvalue weighted by Gasteiger charge is -2.43. The van der Waals surface area contributed by atoms with Gasteiger partial charge in [0.15, 0.2) is 0 Å². The highest BCUT2D eigenvalue weighted by molar-refractivity contribution is 5.67. The van der Waals surface area contributed by atoms with Crippen LogP contribution in [0.4, 0.5) is 4.79 Å². The first kappa shape index (κ1) is 18.7. The molecule has 1 N–H and O–H groups in total. The fraction of sp³-hybridized carbons (Fsp3) is 0.824. The Morgan fingerprint density at radius 1 is 1.38 bits per heavy atom. The van der Waals surface area contributed by atoms with Crippen LogP contribution in [0.5, 0.6) is 0 Å². The van der Waals surface area contributed by atoms with Crippen molar-refractivity contribution in [1.29, 1.82) is 0 Å². The SMILES string of the molecule is CC1CCC(CNC(=O)OC(C)(C)C)N(Cc2ncnn2C)C1C. The van der Waals surface area contributed by atoms with Gasteiger partial charge in [-0.3, -0.25) is 9.58 Å². The number of hydrogen-bond donors (Lipinski definition) is 1. The predicted octanol–water partition coefficient (Wildman–Crippen LogP) is 2.33. The van der Waals surface area contributed by atoms with Crippen molar-refractivity contribution < 1.29 is 9.53 Å². The van der Waals surface area contributed by atoms with E-state index in [-0.39, 0.29) is 12.1 Å². The molecule has 0 aromatic carbocycles. The van der Waals surface area contributed by atoms with E-state index < -0.39 is 5.60 Å². The quantitative estimate of drug-likeness (QED) is 0.913. The molecule has 1 aromatic heterocycles. The first-order valence-corrected chi connectivity index (χ1v) is 8.73. The van der Waals surface area contributed by atoms with Gasteiger partial charge in [-0.2, -0.15) is 5.10 Å². The summed E-state index contributed by atoms with van der Waals surface area (Å²) in [6.45, 7) is 11.5. The fourth-order valence-corrected chi connectivity index (χ4v) is 3.16. The lowest BCUT2D eigenvalue weighted by Crippen LogP contribution is -2.53. The Balaban J connectivity index is 2.00. The lowest BCUT2D eigenvalue weighted by atomic mass is 9.87. The summed E-state index contributed by atoms with van der Waals surface area (Å²) < 4.78 is 7.15. The van der Waals surface area contributed by atoms with E-state index in [0.29, 0.717) is 18.5 Å². The summed E-state index contributed by atoms with van der Waals surface area (Å²) in [5.41, 5.74) is -0.475. The molecule has 24 heavy (non-hydrogen) atoms. The van der Waals surface area contributed by atoms with E-state index >= 15 is 0 Å². The molecule has 3 unspecified atom stereocenters. The van der Waals surface area contributed by atoms with Crippen LogP contribution < -0.4 is 5.32 Å². The maximum atomic E-state index is 11.9. The van der Waals surface area contributed by atoms with Crippen molar-refractivity contribution in [2.75, 3.05) is 6.54 Å². The average molecular weight is 337 g/mol. The summed E-state index contributed by atoms with van der Waals surface area (Å²) in [4.78, 5) is 18.7. The zero-order chi connectivity index (χ0) is 17.9. The molecule has 1 aromatic rings. The molecular weight excluding hydrogens is 306 g/mol. The monoisotopic (exact) mass is 337 g/mol. The molecule has 1 fully saturated rings. The van der Waals surface area contributed by atoms with Crippen molar-refractivity contribution in [3.8, 4) is 0 Å². The second kappa shape index (κ2) is 7.51. The van der Waals surface area contributed by atoms with Gasteiger partial charge in [0.1, 0.15) is 17.8 Å². The molecule has 0 spiro atoms. The van der Waals surface area contributed by atoms with Crippen LogP contribution in [0.15, 0.2) is 6.33 Å². The Hall–Kier alpha value is -1.63. The van der Waals surface area contributed by atoms with Gasteiger partial charge in [0.2, 0.25) is 0 Å². The van der Waals surface area contributed by atoms with E-state index in [2.05, 4.69) is 34.1 Å². The lowest BCUT2D eigenvalue weighted by molar-refractivity contribution is 0.0329. The van der Waals surface area contributed by atoms with Gasteiger partial charge < -0.3 is 10.1 Å². The summed E-state index contributed by atoms with van der Waals surface area (Å²) in [5, 5.41) is 7.08. The molecule has 1 saturated heterocycles. The second-order valence-electron chi connectivity index (χ2n) is 7.80. The molecule has 2 heterocycles. The van der Waals surface area contributed by atoms with Crippen molar-refractivity contribution in [2.24, 2.45) is 13.0 Å². The number of likely N-dealkylation sites (tertiary alicyclic amines) is 1. The summed E-state index contributed by atoms with van der Waals surface area (Å²) in [6.07, 6.45) is 3.45. The third-order valence-corrected chi connectivity index (χ3v) is 4.78. The van der Waals surface area contributed by atoms with Gasteiger partial charge >= 0.3 is 6.09 Å². The minimum Gasteiger partial charge on any atom is -0.444 e. The minimum atomic E-state index is -0.475. The third kappa shape index (κ3) is 4.93. The number of piperidine rings is 1. The summed E-state index contributed by atoms with van der Waals surface area (Å²) in [5.74, 6) is 1.56. The standard InChI is InChI=1S/C17H31N5O2/c1-12-7-8-14(9-18-16(23)24-17(3,4)5)22(13(12)2)10-15-19-11-20-21(15)6/h11-14H,7-10H2,1-6H3,(H,18,23). The number of amides is 1. The normalized spacial score (nSPS) is 25.5. The Labute approximate surface area is 144 Å².